The van der Waals surface area contributed by atoms with Gasteiger partial charge < -0.3 is 15.2 Å². The van der Waals surface area contributed by atoms with Gasteiger partial charge in [0.25, 0.3) is 0 Å². The minimum atomic E-state index is -0.110. The number of fused-ring (bicyclic) bond motifs is 1. The van der Waals surface area contributed by atoms with Crippen molar-refractivity contribution in [3.63, 3.8) is 0 Å². The first-order chi connectivity index (χ1) is 12.6. The molecule has 1 aliphatic rings. The lowest BCUT2D eigenvalue weighted by atomic mass is 10.0. The maximum Gasteiger partial charge on any atom is 0.220 e. The fourth-order valence-corrected chi connectivity index (χ4v) is 3.23. The summed E-state index contributed by atoms with van der Waals surface area (Å²) >= 11 is 0. The van der Waals surface area contributed by atoms with Crippen LogP contribution in [0.4, 0.5) is 11.4 Å². The second kappa shape index (κ2) is 6.48. The zero-order chi connectivity index (χ0) is 18.1. The number of Topliss-reactive ketones (excluding diaryl/α,β-unsaturated/α-hetero) is 1. The molecule has 2 aromatic heterocycles. The maximum atomic E-state index is 12.8. The number of H-pyrrole nitrogens is 1. The molecule has 0 aliphatic carbocycles. The molecule has 1 amide bonds. The summed E-state index contributed by atoms with van der Waals surface area (Å²) in [5.74, 6) is -0.182. The second-order valence-electron chi connectivity index (χ2n) is 6.25. The lowest BCUT2D eigenvalue weighted by Gasteiger charge is -2.25. The van der Waals surface area contributed by atoms with Gasteiger partial charge in [0, 0.05) is 36.3 Å². The average Bonchev–Trinajstić information content (AvgIpc) is 3.02. The number of nitrogens with zero attached hydrogens (tertiary/aromatic N) is 2. The number of nitrogens with one attached hydrogen (secondary N) is 2. The molecule has 0 unspecified atom stereocenters. The van der Waals surface area contributed by atoms with E-state index in [4.69, 9.17) is 0 Å². The van der Waals surface area contributed by atoms with Gasteiger partial charge in [-0.15, -0.1) is 0 Å². The quantitative estimate of drug-likeness (QED) is 0.762. The van der Waals surface area contributed by atoms with Crippen molar-refractivity contribution in [2.45, 2.75) is 13.5 Å². The lowest BCUT2D eigenvalue weighted by molar-refractivity contribution is -0.129. The normalized spacial score (nSPS) is 13.4. The molecule has 0 saturated heterocycles. The number of carbonyl (C=O) groups excluding carboxylic acids is 2. The van der Waals surface area contributed by atoms with E-state index in [0.29, 0.717) is 12.1 Å². The number of amides is 1. The van der Waals surface area contributed by atoms with Gasteiger partial charge in [0.1, 0.15) is 0 Å². The highest BCUT2D eigenvalue weighted by molar-refractivity contribution is 6.09. The smallest absolute Gasteiger partial charge is 0.220 e. The first-order valence-electron chi connectivity index (χ1n) is 8.39. The molecular weight excluding hydrogens is 328 g/mol. The Morgan fingerprint density at radius 3 is 2.54 bits per heavy atom. The monoisotopic (exact) mass is 346 g/mol. The molecule has 0 saturated carbocycles. The predicted molar refractivity (Wildman–Crippen MR) is 99.2 cm³/mol. The molecule has 0 bridgehead atoms. The number of hydrogen-bond donors (Lipinski definition) is 2. The molecule has 4 rings (SSSR count). The van der Waals surface area contributed by atoms with E-state index in [2.05, 4.69) is 15.3 Å². The van der Waals surface area contributed by atoms with Crippen LogP contribution in [0.25, 0.3) is 11.3 Å². The highest BCUT2D eigenvalue weighted by Gasteiger charge is 2.31. The third kappa shape index (κ3) is 2.86. The van der Waals surface area contributed by atoms with Crippen LogP contribution in [-0.2, 0) is 11.3 Å². The Morgan fingerprint density at radius 1 is 1.12 bits per heavy atom. The van der Waals surface area contributed by atoms with Crippen LogP contribution >= 0.6 is 0 Å². The van der Waals surface area contributed by atoms with Crippen molar-refractivity contribution in [2.75, 3.05) is 11.9 Å². The molecule has 0 spiro atoms. The third-order valence-corrected chi connectivity index (χ3v) is 4.50. The van der Waals surface area contributed by atoms with Crippen molar-refractivity contribution in [3.05, 3.63) is 66.1 Å². The van der Waals surface area contributed by atoms with E-state index >= 15 is 0 Å². The number of hydrogen-bond acceptors (Lipinski definition) is 4. The van der Waals surface area contributed by atoms with E-state index in [1.54, 1.807) is 17.3 Å². The molecule has 0 atom stereocenters. The molecule has 6 heteroatoms. The standard InChI is InChI=1S/C20H18N4O2/c1-13(25)24-11-16-18(17(26)12-24)20(22-15-5-3-2-4-6-15)19(23-16)14-7-9-21-10-8-14/h2-10,22-23H,11-12H2,1H3. The molecule has 26 heavy (non-hydrogen) atoms. The molecule has 0 radical (unpaired) electrons. The topological polar surface area (TPSA) is 78.1 Å². The summed E-state index contributed by atoms with van der Waals surface area (Å²) in [6.45, 7) is 1.97. The van der Waals surface area contributed by atoms with E-state index in [1.807, 2.05) is 42.5 Å². The Kier molecular flexibility index (Phi) is 4.01. The average molecular weight is 346 g/mol. The van der Waals surface area contributed by atoms with Crippen LogP contribution in [0.1, 0.15) is 23.0 Å². The summed E-state index contributed by atoms with van der Waals surface area (Å²) < 4.78 is 0. The number of ketones is 1. The maximum absolute atomic E-state index is 12.8. The third-order valence-electron chi connectivity index (χ3n) is 4.50. The van der Waals surface area contributed by atoms with Gasteiger partial charge in [0.05, 0.1) is 30.0 Å². The van der Waals surface area contributed by atoms with Crippen LogP contribution in [0.5, 0.6) is 0 Å². The number of carbonyl (C=O) groups is 2. The molecule has 0 fully saturated rings. The highest BCUT2D eigenvalue weighted by atomic mass is 16.2. The van der Waals surface area contributed by atoms with Crippen LogP contribution in [0.15, 0.2) is 54.9 Å². The van der Waals surface area contributed by atoms with Gasteiger partial charge in [-0.25, -0.2) is 0 Å². The second-order valence-corrected chi connectivity index (χ2v) is 6.25. The van der Waals surface area contributed by atoms with Crippen LogP contribution < -0.4 is 5.32 Å². The summed E-state index contributed by atoms with van der Waals surface area (Å²) in [5, 5.41) is 3.38. The van der Waals surface area contributed by atoms with Crippen LogP contribution in [0.2, 0.25) is 0 Å². The van der Waals surface area contributed by atoms with Gasteiger partial charge in [0.15, 0.2) is 5.78 Å². The van der Waals surface area contributed by atoms with Crippen molar-refractivity contribution in [1.82, 2.24) is 14.9 Å². The summed E-state index contributed by atoms with van der Waals surface area (Å²) in [4.78, 5) is 33.5. The Balaban J connectivity index is 1.85. The SMILES string of the molecule is CC(=O)N1CC(=O)c2c([nH]c(-c3ccncc3)c2Nc2ccccc2)C1. The minimum absolute atomic E-state index is 0.0727. The molecule has 3 aromatic rings. The Hall–Kier alpha value is -3.41. The molecular formula is C20H18N4O2. The van der Waals surface area contributed by atoms with Gasteiger partial charge in [0.2, 0.25) is 5.91 Å². The van der Waals surface area contributed by atoms with E-state index in [0.717, 1.165) is 28.3 Å². The van der Waals surface area contributed by atoms with Gasteiger partial charge in [-0.3, -0.25) is 14.6 Å². The zero-order valence-electron chi connectivity index (χ0n) is 14.3. The van der Waals surface area contributed by atoms with Crippen molar-refractivity contribution in [3.8, 4) is 11.3 Å². The molecule has 6 nitrogen and oxygen atoms in total. The lowest BCUT2D eigenvalue weighted by Crippen LogP contribution is -2.38. The van der Waals surface area contributed by atoms with Gasteiger partial charge >= 0.3 is 0 Å². The fraction of sp³-hybridized carbons (Fsp3) is 0.150. The largest absolute Gasteiger partial charge is 0.355 e. The van der Waals surface area contributed by atoms with Crippen molar-refractivity contribution >= 4 is 23.1 Å². The first-order valence-corrected chi connectivity index (χ1v) is 8.39. The first kappa shape index (κ1) is 16.1. The number of rotatable bonds is 3. The Morgan fingerprint density at radius 2 is 1.85 bits per heavy atom. The Bertz CT molecular complexity index is 964. The molecule has 3 heterocycles. The fourth-order valence-electron chi connectivity index (χ4n) is 3.23. The Labute approximate surface area is 150 Å². The van der Waals surface area contributed by atoms with Crippen LogP contribution in [-0.4, -0.2) is 33.1 Å². The van der Waals surface area contributed by atoms with Crippen LogP contribution in [0.3, 0.4) is 0 Å². The van der Waals surface area contributed by atoms with Gasteiger partial charge in [-0.1, -0.05) is 18.2 Å². The molecule has 130 valence electrons. The van der Waals surface area contributed by atoms with Crippen molar-refractivity contribution in [1.29, 1.82) is 0 Å². The minimum Gasteiger partial charge on any atom is -0.355 e. The number of para-hydroxylation sites is 1. The van der Waals surface area contributed by atoms with E-state index < -0.39 is 0 Å². The number of pyridine rings is 1. The molecule has 2 N–H and O–H groups in total. The van der Waals surface area contributed by atoms with Gasteiger partial charge in [-0.05, 0) is 24.3 Å². The number of aromatic amines is 1. The van der Waals surface area contributed by atoms with Crippen molar-refractivity contribution < 1.29 is 9.59 Å². The summed E-state index contributed by atoms with van der Waals surface area (Å²) in [6, 6.07) is 13.5. The van der Waals surface area contributed by atoms with Crippen molar-refractivity contribution in [2.24, 2.45) is 0 Å². The zero-order valence-corrected chi connectivity index (χ0v) is 14.3. The molecule has 1 aromatic carbocycles. The number of benzene rings is 1. The predicted octanol–water partition coefficient (Wildman–Crippen LogP) is 3.37. The number of aromatic nitrogens is 2. The summed E-state index contributed by atoms with van der Waals surface area (Å²) in [7, 11) is 0. The van der Waals surface area contributed by atoms with Gasteiger partial charge in [-0.2, -0.15) is 0 Å². The molecule has 1 aliphatic heterocycles. The summed E-state index contributed by atoms with van der Waals surface area (Å²) in [6.07, 6.45) is 3.43. The van der Waals surface area contributed by atoms with E-state index in [-0.39, 0.29) is 18.2 Å². The van der Waals surface area contributed by atoms with E-state index in [9.17, 15) is 9.59 Å². The summed E-state index contributed by atoms with van der Waals surface area (Å²) in [5.41, 5.74) is 4.76. The highest BCUT2D eigenvalue weighted by Crippen LogP contribution is 2.37. The number of anilines is 2. The van der Waals surface area contributed by atoms with Crippen LogP contribution in [0, 0.1) is 0 Å². The van der Waals surface area contributed by atoms with E-state index in [1.165, 1.54) is 6.92 Å².